The predicted octanol–water partition coefficient (Wildman–Crippen LogP) is 4.48. The van der Waals surface area contributed by atoms with Gasteiger partial charge in [-0.15, -0.1) is 0 Å². The molecule has 0 aliphatic rings. The number of rotatable bonds is 2. The van der Waals surface area contributed by atoms with Gasteiger partial charge in [0.05, 0.1) is 0 Å². The highest BCUT2D eigenvalue weighted by molar-refractivity contribution is 6.06. The number of hydrogen-bond acceptors (Lipinski definition) is 1. The number of anilines is 1. The highest BCUT2D eigenvalue weighted by Gasteiger charge is 2.14. The van der Waals surface area contributed by atoms with E-state index in [1.54, 1.807) is 0 Å². The van der Waals surface area contributed by atoms with Crippen molar-refractivity contribution in [3.63, 3.8) is 0 Å². The average molecular weight is 267 g/mol. The molecule has 0 aromatic heterocycles. The first-order chi connectivity index (χ1) is 9.40. The summed E-state index contributed by atoms with van der Waals surface area (Å²) in [5.74, 6) is -0.0336. The van der Waals surface area contributed by atoms with Gasteiger partial charge in [0.1, 0.15) is 0 Å². The number of carbonyl (C=O) groups excluding carboxylic acids is 1. The van der Waals surface area contributed by atoms with Crippen molar-refractivity contribution in [1.29, 1.82) is 0 Å². The van der Waals surface area contributed by atoms with E-state index < -0.39 is 0 Å². The Hall–Kier alpha value is -2.09. The third kappa shape index (κ3) is 2.74. The molecule has 0 saturated carbocycles. The number of carbonyl (C=O) groups is 1. The molecule has 0 fully saturated rings. The van der Waals surface area contributed by atoms with Gasteiger partial charge >= 0.3 is 0 Å². The molecule has 0 aliphatic heterocycles. The Morgan fingerprint density at radius 1 is 0.900 bits per heavy atom. The average Bonchev–Trinajstić information content (AvgIpc) is 2.33. The minimum atomic E-state index is -0.0336. The van der Waals surface area contributed by atoms with E-state index in [1.165, 1.54) is 11.1 Å². The maximum atomic E-state index is 12.5. The zero-order valence-electron chi connectivity index (χ0n) is 12.8. The molecule has 0 radical (unpaired) electrons. The van der Waals surface area contributed by atoms with Crippen molar-refractivity contribution in [1.82, 2.24) is 0 Å². The van der Waals surface area contributed by atoms with Crippen LogP contribution >= 0.6 is 0 Å². The van der Waals surface area contributed by atoms with Crippen LogP contribution in [0.4, 0.5) is 5.69 Å². The minimum absolute atomic E-state index is 0.0336. The first-order valence-corrected chi connectivity index (χ1v) is 6.85. The van der Waals surface area contributed by atoms with Crippen LogP contribution in [0.1, 0.15) is 38.2 Å². The van der Waals surface area contributed by atoms with Gasteiger partial charge < -0.3 is 5.32 Å². The molecule has 0 bridgehead atoms. The zero-order chi connectivity index (χ0) is 14.9. The predicted molar refractivity (Wildman–Crippen MR) is 84.5 cm³/mol. The van der Waals surface area contributed by atoms with Crippen LogP contribution < -0.4 is 5.32 Å². The van der Waals surface area contributed by atoms with Crippen LogP contribution in [0.2, 0.25) is 0 Å². The van der Waals surface area contributed by atoms with Gasteiger partial charge in [0, 0.05) is 11.3 Å². The molecule has 2 rings (SSSR count). The molecule has 0 atom stereocenters. The number of nitrogens with one attached hydrogen (secondary N) is 1. The van der Waals surface area contributed by atoms with Gasteiger partial charge in [-0.2, -0.15) is 0 Å². The molecule has 0 saturated heterocycles. The number of amides is 1. The molecular formula is C18H21NO. The summed E-state index contributed by atoms with van der Waals surface area (Å²) in [6.45, 7) is 10.1. The van der Waals surface area contributed by atoms with E-state index in [4.69, 9.17) is 0 Å². The van der Waals surface area contributed by atoms with Gasteiger partial charge in [-0.1, -0.05) is 29.8 Å². The van der Waals surface area contributed by atoms with E-state index in [-0.39, 0.29) is 5.91 Å². The lowest BCUT2D eigenvalue weighted by Gasteiger charge is -2.14. The second-order valence-electron chi connectivity index (χ2n) is 5.48. The van der Waals surface area contributed by atoms with E-state index in [0.29, 0.717) is 0 Å². The van der Waals surface area contributed by atoms with Crippen molar-refractivity contribution in [2.45, 2.75) is 34.6 Å². The molecule has 2 heteroatoms. The zero-order valence-corrected chi connectivity index (χ0v) is 12.8. The molecule has 20 heavy (non-hydrogen) atoms. The first-order valence-electron chi connectivity index (χ1n) is 6.85. The molecule has 104 valence electrons. The molecule has 2 aromatic rings. The Kier molecular flexibility index (Phi) is 3.93. The molecule has 0 heterocycles. The Bertz CT molecular complexity index is 648. The summed E-state index contributed by atoms with van der Waals surface area (Å²) in [4.78, 5) is 12.5. The Balaban J connectivity index is 2.36. The number of aryl methyl sites for hydroxylation is 4. The molecule has 0 unspecified atom stereocenters. The second kappa shape index (κ2) is 5.49. The Morgan fingerprint density at radius 3 is 2.10 bits per heavy atom. The fourth-order valence-electron chi connectivity index (χ4n) is 2.61. The number of hydrogen-bond donors (Lipinski definition) is 1. The fourth-order valence-corrected chi connectivity index (χ4v) is 2.61. The smallest absolute Gasteiger partial charge is 0.256 e. The van der Waals surface area contributed by atoms with Crippen molar-refractivity contribution < 1.29 is 4.79 Å². The first kappa shape index (κ1) is 14.3. The van der Waals surface area contributed by atoms with Crippen LogP contribution in [0.5, 0.6) is 0 Å². The van der Waals surface area contributed by atoms with E-state index in [0.717, 1.165) is 27.9 Å². The van der Waals surface area contributed by atoms with Gasteiger partial charge in [0.25, 0.3) is 5.91 Å². The molecule has 0 spiro atoms. The van der Waals surface area contributed by atoms with Crippen LogP contribution in [0, 0.1) is 34.6 Å². The van der Waals surface area contributed by atoms with E-state index >= 15 is 0 Å². The third-order valence-electron chi connectivity index (χ3n) is 3.76. The van der Waals surface area contributed by atoms with Crippen molar-refractivity contribution in [2.75, 3.05) is 5.32 Å². The molecular weight excluding hydrogens is 246 g/mol. The Morgan fingerprint density at radius 2 is 1.50 bits per heavy atom. The maximum absolute atomic E-state index is 12.5. The standard InChI is InChI=1S/C18H21NO/c1-11-9-13(3)17(14(4)10-11)18(20)19-16-8-6-7-12(2)15(16)5/h6-10H,1-5H3,(H,19,20). The summed E-state index contributed by atoms with van der Waals surface area (Å²) >= 11 is 0. The molecule has 1 N–H and O–H groups in total. The molecule has 1 amide bonds. The van der Waals surface area contributed by atoms with Gasteiger partial charge in [0.15, 0.2) is 0 Å². The van der Waals surface area contributed by atoms with Gasteiger partial charge in [-0.25, -0.2) is 0 Å². The van der Waals surface area contributed by atoms with E-state index in [9.17, 15) is 4.79 Å². The fraction of sp³-hybridized carbons (Fsp3) is 0.278. The Labute approximate surface area is 120 Å². The lowest BCUT2D eigenvalue weighted by atomic mass is 9.99. The minimum Gasteiger partial charge on any atom is -0.322 e. The van der Waals surface area contributed by atoms with Crippen LogP contribution in [0.25, 0.3) is 0 Å². The summed E-state index contributed by atoms with van der Waals surface area (Å²) in [5.41, 5.74) is 7.17. The topological polar surface area (TPSA) is 29.1 Å². The van der Waals surface area contributed by atoms with Crippen LogP contribution in [0.3, 0.4) is 0 Å². The molecule has 2 nitrogen and oxygen atoms in total. The summed E-state index contributed by atoms with van der Waals surface area (Å²) < 4.78 is 0. The van der Waals surface area contributed by atoms with Crippen molar-refractivity contribution in [3.8, 4) is 0 Å². The monoisotopic (exact) mass is 267 g/mol. The number of benzene rings is 2. The van der Waals surface area contributed by atoms with Gasteiger partial charge in [0.2, 0.25) is 0 Å². The molecule has 0 aliphatic carbocycles. The van der Waals surface area contributed by atoms with Gasteiger partial charge in [-0.05, 0) is 62.9 Å². The van der Waals surface area contributed by atoms with Gasteiger partial charge in [-0.3, -0.25) is 4.79 Å². The van der Waals surface area contributed by atoms with Crippen LogP contribution in [-0.2, 0) is 0 Å². The molecule has 2 aromatic carbocycles. The second-order valence-corrected chi connectivity index (χ2v) is 5.48. The summed E-state index contributed by atoms with van der Waals surface area (Å²) in [5, 5.41) is 3.03. The quantitative estimate of drug-likeness (QED) is 0.854. The highest BCUT2D eigenvalue weighted by Crippen LogP contribution is 2.21. The third-order valence-corrected chi connectivity index (χ3v) is 3.76. The van der Waals surface area contributed by atoms with E-state index in [2.05, 4.69) is 5.32 Å². The maximum Gasteiger partial charge on any atom is 0.256 e. The van der Waals surface area contributed by atoms with Crippen LogP contribution in [0.15, 0.2) is 30.3 Å². The van der Waals surface area contributed by atoms with Crippen molar-refractivity contribution in [2.24, 2.45) is 0 Å². The van der Waals surface area contributed by atoms with Crippen molar-refractivity contribution >= 4 is 11.6 Å². The SMILES string of the molecule is Cc1cc(C)c(C(=O)Nc2cccc(C)c2C)c(C)c1. The van der Waals surface area contributed by atoms with E-state index in [1.807, 2.05) is 65.0 Å². The lowest BCUT2D eigenvalue weighted by Crippen LogP contribution is -2.16. The normalized spacial score (nSPS) is 10.4. The largest absolute Gasteiger partial charge is 0.322 e. The highest BCUT2D eigenvalue weighted by atomic mass is 16.1. The summed E-state index contributed by atoms with van der Waals surface area (Å²) in [6, 6.07) is 10.1. The van der Waals surface area contributed by atoms with Crippen LogP contribution in [-0.4, -0.2) is 5.91 Å². The summed E-state index contributed by atoms with van der Waals surface area (Å²) in [7, 11) is 0. The lowest BCUT2D eigenvalue weighted by molar-refractivity contribution is 0.102. The summed E-state index contributed by atoms with van der Waals surface area (Å²) in [6.07, 6.45) is 0. The van der Waals surface area contributed by atoms with Crippen molar-refractivity contribution in [3.05, 3.63) is 63.7 Å².